The van der Waals surface area contributed by atoms with Gasteiger partial charge in [-0.15, -0.1) is 0 Å². The number of benzene rings is 2. The molecule has 0 saturated carbocycles. The smallest absolute Gasteiger partial charge is 0.229 e. The zero-order chi connectivity index (χ0) is 21.3. The lowest BCUT2D eigenvalue weighted by atomic mass is 9.91. The van der Waals surface area contributed by atoms with Gasteiger partial charge in [-0.05, 0) is 55.4 Å². The number of aromatic nitrogens is 2. The van der Waals surface area contributed by atoms with Crippen molar-refractivity contribution in [3.05, 3.63) is 70.5 Å². The van der Waals surface area contributed by atoms with Crippen LogP contribution in [0.15, 0.2) is 42.5 Å². The SMILES string of the molecule is Cc1ccc(CC(=O)Nc2nc3c(nc2CC(C)C)-c2ccc(N)cc2CC3)cc1. The molecule has 3 N–H and O–H groups in total. The second kappa shape index (κ2) is 8.27. The van der Waals surface area contributed by atoms with E-state index in [0.29, 0.717) is 18.2 Å². The van der Waals surface area contributed by atoms with Crippen LogP contribution in [0.25, 0.3) is 11.3 Å². The Morgan fingerprint density at radius 1 is 1.10 bits per heavy atom. The fourth-order valence-corrected chi connectivity index (χ4v) is 3.90. The van der Waals surface area contributed by atoms with Crippen molar-refractivity contribution in [3.8, 4) is 11.3 Å². The topological polar surface area (TPSA) is 80.9 Å². The molecule has 5 heteroatoms. The lowest BCUT2D eigenvalue weighted by Crippen LogP contribution is -2.20. The first-order valence-corrected chi connectivity index (χ1v) is 10.5. The van der Waals surface area contributed by atoms with Gasteiger partial charge in [-0.2, -0.15) is 0 Å². The van der Waals surface area contributed by atoms with Gasteiger partial charge < -0.3 is 11.1 Å². The zero-order valence-corrected chi connectivity index (χ0v) is 17.8. The first-order chi connectivity index (χ1) is 14.4. The number of amides is 1. The van der Waals surface area contributed by atoms with Crippen LogP contribution >= 0.6 is 0 Å². The van der Waals surface area contributed by atoms with Crippen molar-refractivity contribution >= 4 is 17.4 Å². The van der Waals surface area contributed by atoms with Crippen molar-refractivity contribution in [2.24, 2.45) is 5.92 Å². The van der Waals surface area contributed by atoms with Gasteiger partial charge in [-0.25, -0.2) is 9.97 Å². The number of carbonyl (C=O) groups is 1. The van der Waals surface area contributed by atoms with E-state index < -0.39 is 0 Å². The summed E-state index contributed by atoms with van der Waals surface area (Å²) in [4.78, 5) is 22.6. The van der Waals surface area contributed by atoms with Gasteiger partial charge in [-0.3, -0.25) is 4.79 Å². The first-order valence-electron chi connectivity index (χ1n) is 10.5. The number of nitrogen functional groups attached to an aromatic ring is 1. The number of anilines is 2. The summed E-state index contributed by atoms with van der Waals surface area (Å²) in [6.45, 7) is 6.33. The van der Waals surface area contributed by atoms with Gasteiger partial charge in [-0.1, -0.05) is 49.7 Å². The van der Waals surface area contributed by atoms with E-state index in [4.69, 9.17) is 15.7 Å². The van der Waals surface area contributed by atoms with E-state index in [2.05, 4.69) is 19.2 Å². The Labute approximate surface area is 177 Å². The molecule has 3 aromatic rings. The van der Waals surface area contributed by atoms with Crippen molar-refractivity contribution in [1.82, 2.24) is 9.97 Å². The minimum Gasteiger partial charge on any atom is -0.399 e. The summed E-state index contributed by atoms with van der Waals surface area (Å²) < 4.78 is 0. The summed E-state index contributed by atoms with van der Waals surface area (Å²) in [5, 5.41) is 3.03. The van der Waals surface area contributed by atoms with E-state index in [1.54, 1.807) is 0 Å². The molecule has 30 heavy (non-hydrogen) atoms. The summed E-state index contributed by atoms with van der Waals surface area (Å²) in [5.41, 5.74) is 13.9. The minimum atomic E-state index is -0.0675. The highest BCUT2D eigenvalue weighted by atomic mass is 16.1. The maximum Gasteiger partial charge on any atom is 0.229 e. The fraction of sp³-hybridized carbons (Fsp3) is 0.320. The molecule has 0 saturated heterocycles. The molecule has 1 aliphatic rings. The monoisotopic (exact) mass is 400 g/mol. The highest BCUT2D eigenvalue weighted by molar-refractivity contribution is 5.92. The Kier molecular flexibility index (Phi) is 5.53. The maximum absolute atomic E-state index is 12.7. The van der Waals surface area contributed by atoms with Crippen molar-refractivity contribution < 1.29 is 4.79 Å². The van der Waals surface area contributed by atoms with Crippen LogP contribution in [0.3, 0.4) is 0 Å². The Hall–Kier alpha value is -3.21. The van der Waals surface area contributed by atoms with Gasteiger partial charge in [0.05, 0.1) is 23.5 Å². The van der Waals surface area contributed by atoms with E-state index in [0.717, 1.165) is 53.2 Å². The molecule has 0 atom stereocenters. The number of nitrogens with one attached hydrogen (secondary N) is 1. The first kappa shape index (κ1) is 20.1. The van der Waals surface area contributed by atoms with Crippen LogP contribution in [0.4, 0.5) is 11.5 Å². The molecule has 0 unspecified atom stereocenters. The van der Waals surface area contributed by atoms with Crippen LogP contribution in [0, 0.1) is 12.8 Å². The van der Waals surface area contributed by atoms with E-state index in [1.165, 1.54) is 11.1 Å². The van der Waals surface area contributed by atoms with Crippen LogP contribution in [-0.2, 0) is 30.5 Å². The van der Waals surface area contributed by atoms with E-state index in [1.807, 2.05) is 49.4 Å². The molecule has 1 aromatic heterocycles. The third-order valence-electron chi connectivity index (χ3n) is 5.40. The van der Waals surface area contributed by atoms with Crippen LogP contribution in [0.5, 0.6) is 0 Å². The predicted octanol–water partition coefficient (Wildman–Crippen LogP) is 4.51. The summed E-state index contributed by atoms with van der Waals surface area (Å²) in [7, 11) is 0. The van der Waals surface area contributed by atoms with Crippen molar-refractivity contribution in [1.29, 1.82) is 0 Å². The molecule has 1 amide bonds. The van der Waals surface area contributed by atoms with Crippen LogP contribution in [-0.4, -0.2) is 15.9 Å². The molecule has 0 spiro atoms. The molecule has 0 fully saturated rings. The zero-order valence-electron chi connectivity index (χ0n) is 17.8. The normalized spacial score (nSPS) is 12.4. The molecule has 0 aliphatic heterocycles. The number of nitrogens with two attached hydrogens (primary N) is 1. The van der Waals surface area contributed by atoms with Crippen LogP contribution in [0.2, 0.25) is 0 Å². The minimum absolute atomic E-state index is 0.0675. The maximum atomic E-state index is 12.7. The Morgan fingerprint density at radius 2 is 1.87 bits per heavy atom. The molecule has 1 heterocycles. The summed E-state index contributed by atoms with van der Waals surface area (Å²) in [6, 6.07) is 14.0. The number of rotatable bonds is 5. The Balaban J connectivity index is 1.65. The lowest BCUT2D eigenvalue weighted by molar-refractivity contribution is -0.115. The molecule has 2 aromatic carbocycles. The molecule has 0 bridgehead atoms. The lowest BCUT2D eigenvalue weighted by Gasteiger charge is -2.21. The van der Waals surface area contributed by atoms with Gasteiger partial charge in [0.2, 0.25) is 5.91 Å². The van der Waals surface area contributed by atoms with Gasteiger partial charge >= 0.3 is 0 Å². The third-order valence-corrected chi connectivity index (χ3v) is 5.40. The second-order valence-electron chi connectivity index (χ2n) is 8.54. The average Bonchev–Trinajstić information content (AvgIpc) is 2.69. The molecule has 154 valence electrons. The van der Waals surface area contributed by atoms with Crippen LogP contribution < -0.4 is 11.1 Å². The standard InChI is InChI=1S/C25H28N4O/c1-15(2)12-22-25(29-23(30)13-17-6-4-16(3)5-7-17)28-21-11-8-18-14-19(26)9-10-20(18)24(21)27-22/h4-7,9-10,14-15H,8,11-13,26H2,1-3H3,(H,28,29,30). The molecule has 1 aliphatic carbocycles. The third kappa shape index (κ3) is 4.35. The van der Waals surface area contributed by atoms with Gasteiger partial charge in [0.1, 0.15) is 0 Å². The van der Waals surface area contributed by atoms with E-state index in [9.17, 15) is 4.79 Å². The molecule has 4 rings (SSSR count). The summed E-state index contributed by atoms with van der Waals surface area (Å²) in [5.74, 6) is 0.931. The number of hydrogen-bond donors (Lipinski definition) is 2. The van der Waals surface area contributed by atoms with Gasteiger partial charge in [0.25, 0.3) is 0 Å². The summed E-state index contributed by atoms with van der Waals surface area (Å²) in [6.07, 6.45) is 2.75. The summed E-state index contributed by atoms with van der Waals surface area (Å²) >= 11 is 0. The van der Waals surface area contributed by atoms with Gasteiger partial charge in [0, 0.05) is 11.3 Å². The molecule has 0 radical (unpaired) electrons. The number of nitrogens with zero attached hydrogens (tertiary/aromatic N) is 2. The van der Waals surface area contributed by atoms with Crippen LogP contribution in [0.1, 0.15) is 41.9 Å². The fourth-order valence-electron chi connectivity index (χ4n) is 3.90. The highest BCUT2D eigenvalue weighted by Gasteiger charge is 2.23. The second-order valence-corrected chi connectivity index (χ2v) is 8.54. The molecule has 5 nitrogen and oxygen atoms in total. The number of aryl methyl sites for hydroxylation is 3. The van der Waals surface area contributed by atoms with Crippen molar-refractivity contribution in [3.63, 3.8) is 0 Å². The molecular weight excluding hydrogens is 372 g/mol. The predicted molar refractivity (Wildman–Crippen MR) is 121 cm³/mol. The van der Waals surface area contributed by atoms with Crippen molar-refractivity contribution in [2.75, 3.05) is 11.1 Å². The number of carbonyl (C=O) groups excluding carboxylic acids is 1. The van der Waals surface area contributed by atoms with Crippen molar-refractivity contribution in [2.45, 2.75) is 46.5 Å². The van der Waals surface area contributed by atoms with E-state index in [-0.39, 0.29) is 5.91 Å². The van der Waals surface area contributed by atoms with Gasteiger partial charge in [0.15, 0.2) is 5.82 Å². The molecular formula is C25H28N4O. The Morgan fingerprint density at radius 3 is 2.60 bits per heavy atom. The highest BCUT2D eigenvalue weighted by Crippen LogP contribution is 2.34. The number of hydrogen-bond acceptors (Lipinski definition) is 4. The quantitative estimate of drug-likeness (QED) is 0.617. The van der Waals surface area contributed by atoms with E-state index >= 15 is 0 Å². The average molecular weight is 401 g/mol. The largest absolute Gasteiger partial charge is 0.399 e. The Bertz CT molecular complexity index is 1090. The number of fused-ring (bicyclic) bond motifs is 3.